The molecule has 0 aliphatic carbocycles. The van der Waals surface area contributed by atoms with Gasteiger partial charge in [0.25, 0.3) is 0 Å². The molecule has 0 radical (unpaired) electrons. The standard InChI is InChI=1S/C48H40BNO2S.2C42H36BNO2S/c1-47(2)48(3,4)52-49(51-47)44-28-15-13-26-40(44)38-24-11-12-25-39(38)42-31-37(32-43-41-27-14-16-29-45(41)53-46(42)43)50(35-21-9-6-10-22-35)36-23-17-20-34(30-36)33-18-7-5-8-19-33;1-41(2)42(3,4)46-43(45-41)38-21-13-11-19-34(38)29-23-25-30(26-24-29)36-27-33(28-37-35-20-12-14-22-39(35)47-40(36)37)44(31-15-7-5-8-16-31)32-17-9-6-10-18-32;1-41(2)42(3,4)46-43(45-41)38-25-15-13-23-34(38)32-21-11-12-22-33(32)36-27-31(28-37-35-24-14-16-26-39(35)47-40(36)37)44(29-17-7-5-8-18-29)30-19-9-6-10-20-30/h5-32H,1-4H3;2*5-28H,1-4H3. The molecule has 15 heteroatoms. The van der Waals surface area contributed by atoms with Gasteiger partial charge >= 0.3 is 21.4 Å². The van der Waals surface area contributed by atoms with E-state index in [0.717, 1.165) is 101 Å². The van der Waals surface area contributed by atoms with Crippen molar-refractivity contribution in [1.82, 2.24) is 0 Å². The second-order valence-corrected chi connectivity index (χ2v) is 44.4. The van der Waals surface area contributed by atoms with Crippen LogP contribution < -0.4 is 31.1 Å². The van der Waals surface area contributed by atoms with Crippen LogP contribution in [0.5, 0.6) is 0 Å². The Morgan fingerprint density at radius 3 is 0.728 bits per heavy atom. The number of para-hydroxylation sites is 5. The molecule has 19 aromatic carbocycles. The maximum atomic E-state index is 6.63. The number of hydrogen-bond donors (Lipinski definition) is 0. The summed E-state index contributed by atoms with van der Waals surface area (Å²) in [6.45, 7) is 25.3. The Balaban J connectivity index is 0.000000122. The lowest BCUT2D eigenvalue weighted by atomic mass is 9.73. The first kappa shape index (κ1) is 95.7. The zero-order valence-electron chi connectivity index (χ0n) is 84.6. The number of rotatable bonds is 19. The lowest BCUT2D eigenvalue weighted by molar-refractivity contribution is 0.00578. The van der Waals surface area contributed by atoms with Crippen LogP contribution in [0.4, 0.5) is 51.2 Å². The van der Waals surface area contributed by atoms with Crippen LogP contribution >= 0.6 is 34.0 Å². The molecule has 3 aliphatic heterocycles. The van der Waals surface area contributed by atoms with E-state index in [2.05, 4.69) is 559 Å². The smallest absolute Gasteiger partial charge is 0.399 e. The highest BCUT2D eigenvalue weighted by atomic mass is 32.1. The Morgan fingerprint density at radius 1 is 0.163 bits per heavy atom. The van der Waals surface area contributed by atoms with Gasteiger partial charge in [0.1, 0.15) is 0 Å². The predicted octanol–water partition coefficient (Wildman–Crippen LogP) is 35.1. The first-order chi connectivity index (χ1) is 71.4. The molecule has 0 N–H and O–H groups in total. The van der Waals surface area contributed by atoms with Crippen LogP contribution in [0.2, 0.25) is 0 Å². The summed E-state index contributed by atoms with van der Waals surface area (Å²) in [6.07, 6.45) is 0. The van der Waals surface area contributed by atoms with Crippen molar-refractivity contribution < 1.29 is 27.9 Å². The molecule has 0 spiro atoms. The molecule has 3 aromatic heterocycles. The highest BCUT2D eigenvalue weighted by molar-refractivity contribution is 7.27. The van der Waals surface area contributed by atoms with Crippen LogP contribution in [0, 0.1) is 0 Å². The molecule has 0 bridgehead atoms. The fraction of sp³-hybridized carbons (Fsp3) is 0.136. The van der Waals surface area contributed by atoms with Crippen LogP contribution in [0.25, 0.3) is 138 Å². The van der Waals surface area contributed by atoms with Crippen LogP contribution in [0.15, 0.2) is 461 Å². The van der Waals surface area contributed by atoms with E-state index in [4.69, 9.17) is 27.9 Å². The summed E-state index contributed by atoms with van der Waals surface area (Å²) in [4.78, 5) is 7.10. The molecule has 6 heterocycles. The van der Waals surface area contributed by atoms with Gasteiger partial charge in [0, 0.05) is 128 Å². The molecule has 0 atom stereocenters. The third-order valence-corrected chi connectivity index (χ3v) is 34.0. The SMILES string of the molecule is CC1(C)OB(c2ccccc2-c2ccc(-c3cc(N(c4ccccc4)c4ccccc4)cc4c3sc3ccccc34)cc2)OC1(C)C.CC1(C)OB(c2ccccc2-c2ccccc2-c2cc(N(c3ccccc3)c3cccc(-c4ccccc4)c3)cc3c2sc2ccccc23)OC1(C)C.CC1(C)OB(c2ccccc2-c2ccccc2-c2cc(N(c3ccccc3)c3ccccc3)cc3c2sc2ccccc23)OC1(C)C. The number of hydrogen-bond acceptors (Lipinski definition) is 12. The molecule has 0 saturated carbocycles. The summed E-state index contributed by atoms with van der Waals surface area (Å²) < 4.78 is 47.0. The van der Waals surface area contributed by atoms with Gasteiger partial charge in [-0.05, 0) is 288 Å². The van der Waals surface area contributed by atoms with E-state index in [9.17, 15) is 0 Å². The van der Waals surface area contributed by atoms with Crippen LogP contribution in [0.1, 0.15) is 83.1 Å². The summed E-state index contributed by atoms with van der Waals surface area (Å²) in [7, 11) is -1.37. The number of nitrogens with zero attached hydrogens (tertiary/aromatic N) is 3. The highest BCUT2D eigenvalue weighted by Gasteiger charge is 2.55. The second-order valence-electron chi connectivity index (χ2n) is 41.2. The van der Waals surface area contributed by atoms with Gasteiger partial charge in [0.15, 0.2) is 0 Å². The van der Waals surface area contributed by atoms with Gasteiger partial charge in [-0.25, -0.2) is 0 Å². The number of thiophene rings is 3. The van der Waals surface area contributed by atoms with E-state index in [0.29, 0.717) is 0 Å². The van der Waals surface area contributed by atoms with Crippen molar-refractivity contribution in [3.63, 3.8) is 0 Å². The van der Waals surface area contributed by atoms with E-state index in [1.165, 1.54) is 105 Å². The fourth-order valence-corrected chi connectivity index (χ4v) is 24.3. The van der Waals surface area contributed by atoms with E-state index in [1.54, 1.807) is 0 Å². The summed E-state index contributed by atoms with van der Waals surface area (Å²) in [5, 5.41) is 7.58. The maximum Gasteiger partial charge on any atom is 0.495 e. The molecule has 3 saturated heterocycles. The van der Waals surface area contributed by atoms with Crippen molar-refractivity contribution in [2.24, 2.45) is 0 Å². The molecule has 25 rings (SSSR count). The topological polar surface area (TPSA) is 65.1 Å². The minimum atomic E-state index is -0.481. The molecular formula is C132H112B3N3O6S3. The minimum absolute atomic E-state index is 0.400. The number of anilines is 9. The molecule has 3 aliphatic rings. The number of benzene rings is 19. The average Bonchev–Trinajstić information content (AvgIpc) is 1.63. The summed E-state index contributed by atoms with van der Waals surface area (Å²) >= 11 is 5.58. The van der Waals surface area contributed by atoms with Crippen molar-refractivity contribution in [1.29, 1.82) is 0 Å². The van der Waals surface area contributed by atoms with E-state index in [-0.39, 0.29) is 0 Å². The fourth-order valence-electron chi connectivity index (χ4n) is 20.6. The second kappa shape index (κ2) is 39.2. The summed E-state index contributed by atoms with van der Waals surface area (Å²) in [5.74, 6) is 0. The van der Waals surface area contributed by atoms with Crippen LogP contribution in [0.3, 0.4) is 0 Å². The van der Waals surface area contributed by atoms with Crippen molar-refractivity contribution >= 4 is 183 Å². The minimum Gasteiger partial charge on any atom is -0.399 e. The van der Waals surface area contributed by atoms with E-state index >= 15 is 0 Å². The van der Waals surface area contributed by atoms with Gasteiger partial charge < -0.3 is 42.6 Å². The Bertz CT molecular complexity index is 8490. The lowest BCUT2D eigenvalue weighted by Crippen LogP contribution is -2.41. The average molecular weight is 1960 g/mol. The summed E-state index contributed by atoms with van der Waals surface area (Å²) in [5.41, 5.74) is 26.9. The van der Waals surface area contributed by atoms with Crippen molar-refractivity contribution in [2.75, 3.05) is 14.7 Å². The zero-order chi connectivity index (χ0) is 101. The van der Waals surface area contributed by atoms with Gasteiger partial charge in [-0.2, -0.15) is 0 Å². The molecular weight excluding hydrogens is 1850 g/mol. The van der Waals surface area contributed by atoms with Gasteiger partial charge in [-0.1, -0.05) is 334 Å². The van der Waals surface area contributed by atoms with Gasteiger partial charge in [-0.3, -0.25) is 0 Å². The Labute approximate surface area is 875 Å². The first-order valence-electron chi connectivity index (χ1n) is 50.7. The van der Waals surface area contributed by atoms with Crippen molar-refractivity contribution in [3.8, 4) is 77.9 Å². The Morgan fingerprint density at radius 2 is 0.395 bits per heavy atom. The zero-order valence-corrected chi connectivity index (χ0v) is 87.1. The molecule has 3 fully saturated rings. The van der Waals surface area contributed by atoms with Gasteiger partial charge in [-0.15, -0.1) is 34.0 Å². The predicted molar refractivity (Wildman–Crippen MR) is 627 cm³/mol. The van der Waals surface area contributed by atoms with Crippen molar-refractivity contribution in [2.45, 2.75) is 117 Å². The van der Waals surface area contributed by atoms with Gasteiger partial charge in [0.05, 0.1) is 33.6 Å². The third kappa shape index (κ3) is 18.3. The quantitative estimate of drug-likeness (QED) is 0.0737. The maximum absolute atomic E-state index is 6.63. The summed E-state index contributed by atoms with van der Waals surface area (Å²) in [6, 6.07) is 165. The molecule has 9 nitrogen and oxygen atoms in total. The highest BCUT2D eigenvalue weighted by Crippen LogP contribution is 2.54. The molecule has 0 unspecified atom stereocenters. The molecule has 147 heavy (non-hydrogen) atoms. The van der Waals surface area contributed by atoms with E-state index < -0.39 is 55.0 Å². The molecule has 0 amide bonds. The third-order valence-electron chi connectivity index (χ3n) is 30.4. The normalized spacial score (nSPS) is 15.2. The molecule has 718 valence electrons. The Kier molecular flexibility index (Phi) is 25.5. The number of fused-ring (bicyclic) bond motifs is 9. The first-order valence-corrected chi connectivity index (χ1v) is 53.1. The van der Waals surface area contributed by atoms with Crippen LogP contribution in [-0.2, 0) is 27.9 Å². The Hall–Kier alpha value is -14.8. The largest absolute Gasteiger partial charge is 0.495 e. The molecule has 22 aromatic rings. The van der Waals surface area contributed by atoms with E-state index in [1.807, 2.05) is 34.0 Å². The van der Waals surface area contributed by atoms with Crippen LogP contribution in [-0.4, -0.2) is 55.0 Å². The van der Waals surface area contributed by atoms with Gasteiger partial charge in [0.2, 0.25) is 0 Å². The lowest BCUT2D eigenvalue weighted by Gasteiger charge is -2.32. The monoisotopic (exact) mass is 1960 g/mol. The van der Waals surface area contributed by atoms with Crippen molar-refractivity contribution in [3.05, 3.63) is 461 Å².